The van der Waals surface area contributed by atoms with Crippen molar-refractivity contribution in [3.05, 3.63) is 236 Å². The van der Waals surface area contributed by atoms with Crippen LogP contribution in [0.3, 0.4) is 0 Å². The Balaban J connectivity index is 0.943. The maximum absolute atomic E-state index is 15.2. The number of hydrogen-bond acceptors (Lipinski definition) is 6. The summed E-state index contributed by atoms with van der Waals surface area (Å²) < 4.78 is 0. The van der Waals surface area contributed by atoms with Crippen molar-refractivity contribution in [2.75, 3.05) is 22.9 Å². The van der Waals surface area contributed by atoms with E-state index >= 15 is 9.59 Å². The van der Waals surface area contributed by atoms with Gasteiger partial charge in [-0.25, -0.2) is 0 Å². The lowest BCUT2D eigenvalue weighted by atomic mass is 10.1. The molecular weight excluding hydrogens is 993 g/mol. The predicted molar refractivity (Wildman–Crippen MR) is 333 cm³/mol. The second kappa shape index (κ2) is 26.5. The molecule has 6 nitrogen and oxygen atoms in total. The number of carbonyl (C=O) groups excluding carboxylic acids is 2. The van der Waals surface area contributed by atoms with Gasteiger partial charge in [-0.05, 0) is 133 Å². The molecular formula is C70H70N4O2S2. The number of fused-ring (bicyclic) bond motifs is 1. The third-order valence-electron chi connectivity index (χ3n) is 14.6. The Morgan fingerprint density at radius 1 is 0.346 bits per heavy atom. The molecule has 4 heterocycles. The Kier molecular flexibility index (Phi) is 18.2. The number of benzene rings is 6. The molecule has 2 aliphatic rings. The van der Waals surface area contributed by atoms with Gasteiger partial charge in [0.05, 0.1) is 32.3 Å². The van der Waals surface area contributed by atoms with Crippen molar-refractivity contribution < 1.29 is 9.59 Å². The molecule has 0 saturated heterocycles. The third-order valence-corrected chi connectivity index (χ3v) is 16.7. The maximum Gasteiger partial charge on any atom is 0.261 e. The number of thiophene rings is 2. The van der Waals surface area contributed by atoms with Gasteiger partial charge in [0.25, 0.3) is 11.8 Å². The number of rotatable bonds is 26. The van der Waals surface area contributed by atoms with Gasteiger partial charge in [-0.15, -0.1) is 22.7 Å². The van der Waals surface area contributed by atoms with Crippen molar-refractivity contribution in [2.24, 2.45) is 0 Å². The molecule has 6 aromatic carbocycles. The predicted octanol–water partition coefficient (Wildman–Crippen LogP) is 19.6. The van der Waals surface area contributed by atoms with Crippen LogP contribution >= 0.6 is 22.7 Å². The highest BCUT2D eigenvalue weighted by molar-refractivity contribution is 7.14. The summed E-state index contributed by atoms with van der Waals surface area (Å²) in [7, 11) is 0. The van der Waals surface area contributed by atoms with E-state index in [-0.39, 0.29) is 11.8 Å². The zero-order valence-corrected chi connectivity index (χ0v) is 46.7. The Bertz CT molecular complexity index is 3050. The molecule has 2 aromatic heterocycles. The lowest BCUT2D eigenvalue weighted by Gasteiger charge is -2.25. The molecule has 10 rings (SSSR count). The van der Waals surface area contributed by atoms with Gasteiger partial charge in [0.2, 0.25) is 0 Å². The van der Waals surface area contributed by atoms with Crippen LogP contribution in [0.1, 0.15) is 122 Å². The molecule has 0 aliphatic carbocycles. The summed E-state index contributed by atoms with van der Waals surface area (Å²) in [5.74, 6) is -0.114. The van der Waals surface area contributed by atoms with E-state index in [2.05, 4.69) is 218 Å². The molecule has 0 unspecified atom stereocenters. The summed E-state index contributed by atoms with van der Waals surface area (Å²) in [6.45, 7) is 5.64. The molecule has 78 heavy (non-hydrogen) atoms. The summed E-state index contributed by atoms with van der Waals surface area (Å²) in [4.78, 5) is 42.9. The van der Waals surface area contributed by atoms with Crippen LogP contribution in [0.15, 0.2) is 205 Å². The van der Waals surface area contributed by atoms with Gasteiger partial charge in [-0.3, -0.25) is 9.59 Å². The molecule has 2 amide bonds. The monoisotopic (exact) mass is 1060 g/mol. The Morgan fingerprint density at radius 3 is 0.987 bits per heavy atom. The summed E-state index contributed by atoms with van der Waals surface area (Å²) in [5, 5.41) is 0. The van der Waals surface area contributed by atoms with E-state index < -0.39 is 0 Å². The Hall–Kier alpha value is -7.78. The second-order valence-electron chi connectivity index (χ2n) is 20.2. The van der Waals surface area contributed by atoms with Crippen molar-refractivity contribution in [2.45, 2.75) is 90.9 Å². The summed E-state index contributed by atoms with van der Waals surface area (Å²) in [6.07, 6.45) is 22.0. The van der Waals surface area contributed by atoms with Crippen LogP contribution in [0, 0.1) is 0 Å². The summed E-state index contributed by atoms with van der Waals surface area (Å²) in [6, 6.07) is 67.6. The molecule has 8 heteroatoms. The number of carbonyl (C=O) groups is 2. The average Bonchev–Trinajstić information content (AvgIpc) is 4.48. The number of para-hydroxylation sites is 4. The molecule has 0 spiro atoms. The fourth-order valence-corrected chi connectivity index (χ4v) is 12.5. The summed E-state index contributed by atoms with van der Waals surface area (Å²) in [5.41, 5.74) is 11.4. The van der Waals surface area contributed by atoms with Crippen LogP contribution < -0.4 is 9.80 Å². The minimum atomic E-state index is -0.0568. The normalized spacial score (nSPS) is 13.5. The molecule has 8 aromatic rings. The van der Waals surface area contributed by atoms with E-state index in [1.54, 1.807) is 22.7 Å². The molecule has 0 bridgehead atoms. The van der Waals surface area contributed by atoms with Crippen LogP contribution in [0.25, 0.3) is 35.7 Å². The fraction of sp³-hybridized carbons (Fsp3) is 0.229. The van der Waals surface area contributed by atoms with E-state index in [1.807, 2.05) is 34.1 Å². The van der Waals surface area contributed by atoms with Crippen LogP contribution in [0.2, 0.25) is 0 Å². The van der Waals surface area contributed by atoms with Crippen LogP contribution in [-0.2, 0) is 9.59 Å². The Labute approximate surface area is 470 Å². The van der Waals surface area contributed by atoms with Gasteiger partial charge >= 0.3 is 0 Å². The number of hydrogen-bond donors (Lipinski definition) is 0. The highest BCUT2D eigenvalue weighted by Gasteiger charge is 2.49. The summed E-state index contributed by atoms with van der Waals surface area (Å²) >= 11 is 3.29. The van der Waals surface area contributed by atoms with Crippen molar-refractivity contribution in [1.82, 2.24) is 9.80 Å². The topological polar surface area (TPSA) is 47.1 Å². The van der Waals surface area contributed by atoms with Crippen molar-refractivity contribution in [3.63, 3.8) is 0 Å². The van der Waals surface area contributed by atoms with Gasteiger partial charge in [-0.2, -0.15) is 0 Å². The van der Waals surface area contributed by atoms with E-state index in [0.717, 1.165) is 115 Å². The van der Waals surface area contributed by atoms with Crippen LogP contribution in [0.5, 0.6) is 0 Å². The molecule has 0 N–H and O–H groups in total. The van der Waals surface area contributed by atoms with Gasteiger partial charge in [0.15, 0.2) is 0 Å². The highest BCUT2D eigenvalue weighted by atomic mass is 32.1. The first-order valence-corrected chi connectivity index (χ1v) is 29.8. The first kappa shape index (κ1) is 53.6. The van der Waals surface area contributed by atoms with E-state index in [9.17, 15) is 0 Å². The van der Waals surface area contributed by atoms with Crippen LogP contribution in [0.4, 0.5) is 34.1 Å². The molecule has 394 valence electrons. The zero-order chi connectivity index (χ0) is 53.5. The largest absolute Gasteiger partial charge is 0.311 e. The number of nitrogens with zero attached hydrogens (tertiary/aromatic N) is 4. The first-order chi connectivity index (χ1) is 38.5. The van der Waals surface area contributed by atoms with Crippen molar-refractivity contribution >= 4 is 104 Å². The maximum atomic E-state index is 15.2. The van der Waals surface area contributed by atoms with Gasteiger partial charge in [0.1, 0.15) is 0 Å². The quantitative estimate of drug-likeness (QED) is 0.0507. The molecule has 0 atom stereocenters. The van der Waals surface area contributed by atoms with E-state index in [4.69, 9.17) is 0 Å². The van der Waals surface area contributed by atoms with Crippen molar-refractivity contribution in [1.29, 1.82) is 0 Å². The number of anilines is 6. The van der Waals surface area contributed by atoms with E-state index in [1.165, 1.54) is 38.5 Å². The second-order valence-corrected chi connectivity index (χ2v) is 22.4. The van der Waals surface area contributed by atoms with Gasteiger partial charge < -0.3 is 19.6 Å². The van der Waals surface area contributed by atoms with Gasteiger partial charge in [0, 0.05) is 57.0 Å². The van der Waals surface area contributed by atoms with Crippen LogP contribution in [-0.4, -0.2) is 34.7 Å². The highest BCUT2D eigenvalue weighted by Crippen LogP contribution is 2.49. The average molecular weight is 1060 g/mol. The fourth-order valence-electron chi connectivity index (χ4n) is 10.6. The SMILES string of the molecule is CCCCCCCCN1C(=O)C2=C(c3ccc(/C=C/c4ccc(N(c5ccccc5)c5ccccc5)cc4)s3)N(CCCCCCCC)C(=O)C2=C1c1ccc(/C=C/c2ccc(N(c3ccccc3)c3ccccc3)cc2)s1. The molecule has 2 aliphatic heterocycles. The third kappa shape index (κ3) is 12.6. The number of unbranched alkanes of at least 4 members (excludes halogenated alkanes) is 10. The molecule has 0 saturated carbocycles. The lowest BCUT2D eigenvalue weighted by molar-refractivity contribution is -0.124. The minimum absolute atomic E-state index is 0.0568. The zero-order valence-electron chi connectivity index (χ0n) is 45.1. The van der Waals surface area contributed by atoms with E-state index in [0.29, 0.717) is 24.2 Å². The lowest BCUT2D eigenvalue weighted by Crippen LogP contribution is -2.30. The molecule has 0 radical (unpaired) electrons. The Morgan fingerprint density at radius 2 is 0.654 bits per heavy atom. The first-order valence-electron chi connectivity index (χ1n) is 28.2. The van der Waals surface area contributed by atoms with Gasteiger partial charge in [-0.1, -0.05) is 187 Å². The smallest absolute Gasteiger partial charge is 0.261 e. The minimum Gasteiger partial charge on any atom is -0.311 e. The number of amides is 2. The van der Waals surface area contributed by atoms with Crippen molar-refractivity contribution in [3.8, 4) is 0 Å². The standard InChI is InChI=1S/C70H70N4O2S2/c1-3-5-7-9-11-25-51-71-67(63-49-47-61(77-63)45-39-53-35-41-59(42-36-53)73(55-27-17-13-18-28-55)56-29-19-14-20-30-56)65-66(69(71)75)68(72(70(65)76)52-26-12-10-8-6-4-2)64-50-48-62(78-64)46-40-54-37-43-60(44-38-54)74(57-31-21-15-22-32-57)58-33-23-16-24-34-58/h13-24,27-50H,3-12,25-26,51-52H2,1-2H3/b45-39+,46-40+. The molecule has 0 fully saturated rings.